The molecule has 8 nitrogen and oxygen atoms in total. The van der Waals surface area contributed by atoms with Crippen LogP contribution in [0, 0.1) is 19.8 Å². The van der Waals surface area contributed by atoms with Gasteiger partial charge in [-0.15, -0.1) is 0 Å². The van der Waals surface area contributed by atoms with Gasteiger partial charge in [0.15, 0.2) is 5.78 Å². The Morgan fingerprint density at radius 2 is 1.82 bits per heavy atom. The summed E-state index contributed by atoms with van der Waals surface area (Å²) in [6.45, 7) is 9.39. The standard InChI is InChI=1S/C25H31N3O5S/c1-7-28-18(5)22(17(4)24(28)25(30)33-6)20(29)15-27(14-16(2)3)34(31,32)21-12-8-10-19-11-9-13-26-23(19)21/h8-13,16H,7,14-15H2,1-6H3. The van der Waals surface area contributed by atoms with E-state index in [1.54, 1.807) is 48.9 Å². The molecule has 0 N–H and O–H groups in total. The summed E-state index contributed by atoms with van der Waals surface area (Å²) >= 11 is 0. The van der Waals surface area contributed by atoms with E-state index in [1.807, 2.05) is 20.8 Å². The van der Waals surface area contributed by atoms with Gasteiger partial charge in [-0.25, -0.2) is 13.2 Å². The molecule has 0 fully saturated rings. The van der Waals surface area contributed by atoms with Crippen LogP contribution >= 0.6 is 0 Å². The number of esters is 1. The summed E-state index contributed by atoms with van der Waals surface area (Å²) in [4.78, 5) is 30.2. The minimum atomic E-state index is -4.03. The van der Waals surface area contributed by atoms with E-state index in [2.05, 4.69) is 4.98 Å². The summed E-state index contributed by atoms with van der Waals surface area (Å²) in [5.74, 6) is -0.918. The second-order valence-electron chi connectivity index (χ2n) is 8.62. The van der Waals surface area contributed by atoms with E-state index in [0.717, 1.165) is 0 Å². The summed E-state index contributed by atoms with van der Waals surface area (Å²) in [7, 11) is -2.74. The summed E-state index contributed by atoms with van der Waals surface area (Å²) in [6.07, 6.45) is 1.55. The molecule has 182 valence electrons. The van der Waals surface area contributed by atoms with Gasteiger partial charge in [-0.2, -0.15) is 4.31 Å². The molecule has 0 aliphatic rings. The molecule has 2 heterocycles. The van der Waals surface area contributed by atoms with Crippen molar-refractivity contribution in [1.82, 2.24) is 13.9 Å². The number of pyridine rings is 1. The first-order valence-corrected chi connectivity index (χ1v) is 12.6. The van der Waals surface area contributed by atoms with Crippen molar-refractivity contribution in [2.75, 3.05) is 20.2 Å². The lowest BCUT2D eigenvalue weighted by molar-refractivity contribution is 0.0587. The van der Waals surface area contributed by atoms with Crippen LogP contribution in [0.25, 0.3) is 10.9 Å². The largest absolute Gasteiger partial charge is 0.464 e. The quantitative estimate of drug-likeness (QED) is 0.336. The number of para-hydroxylation sites is 1. The van der Waals surface area contributed by atoms with Crippen LogP contribution in [0.4, 0.5) is 0 Å². The molecule has 0 aliphatic heterocycles. The predicted molar refractivity (Wildman–Crippen MR) is 131 cm³/mol. The van der Waals surface area contributed by atoms with E-state index < -0.39 is 16.0 Å². The zero-order valence-electron chi connectivity index (χ0n) is 20.5. The number of nitrogens with zero attached hydrogens (tertiary/aromatic N) is 3. The summed E-state index contributed by atoms with van der Waals surface area (Å²) in [6, 6.07) is 8.53. The molecule has 2 aromatic heterocycles. The maximum Gasteiger partial charge on any atom is 0.354 e. The Labute approximate surface area is 200 Å². The first-order chi connectivity index (χ1) is 16.0. The number of aromatic nitrogens is 2. The molecule has 34 heavy (non-hydrogen) atoms. The van der Waals surface area contributed by atoms with Crippen LogP contribution in [0.2, 0.25) is 0 Å². The molecule has 0 atom stereocenters. The third-order valence-electron chi connectivity index (χ3n) is 5.84. The maximum atomic E-state index is 13.8. The van der Waals surface area contributed by atoms with Crippen LogP contribution in [-0.4, -0.2) is 54.2 Å². The van der Waals surface area contributed by atoms with Crippen molar-refractivity contribution in [2.45, 2.75) is 46.1 Å². The van der Waals surface area contributed by atoms with Crippen LogP contribution in [0.1, 0.15) is 52.9 Å². The number of sulfonamides is 1. The third-order valence-corrected chi connectivity index (χ3v) is 7.69. The number of carbonyl (C=O) groups is 2. The average Bonchev–Trinajstić information content (AvgIpc) is 3.06. The number of carbonyl (C=O) groups excluding carboxylic acids is 2. The number of benzene rings is 1. The van der Waals surface area contributed by atoms with Crippen LogP contribution in [0.15, 0.2) is 41.4 Å². The Hall–Kier alpha value is -3.04. The topological polar surface area (TPSA) is 98.6 Å². The lowest BCUT2D eigenvalue weighted by Gasteiger charge is -2.24. The SMILES string of the molecule is CCn1c(C)c(C(=O)CN(CC(C)C)S(=O)(=O)c2cccc3cccnc23)c(C)c1C(=O)OC. The fraction of sp³-hybridized carbons (Fsp3) is 0.400. The van der Waals surface area contributed by atoms with E-state index in [4.69, 9.17) is 4.74 Å². The van der Waals surface area contributed by atoms with E-state index in [-0.39, 0.29) is 29.7 Å². The van der Waals surface area contributed by atoms with Crippen LogP contribution in [0.3, 0.4) is 0 Å². The molecule has 0 spiro atoms. The van der Waals surface area contributed by atoms with E-state index in [0.29, 0.717) is 40.0 Å². The molecule has 3 aromatic rings. The van der Waals surface area contributed by atoms with Crippen LogP contribution in [0.5, 0.6) is 0 Å². The molecule has 0 bridgehead atoms. The van der Waals surface area contributed by atoms with Crippen molar-refractivity contribution in [2.24, 2.45) is 5.92 Å². The monoisotopic (exact) mass is 485 g/mol. The summed E-state index contributed by atoms with van der Waals surface area (Å²) in [5, 5.41) is 0.703. The van der Waals surface area contributed by atoms with Gasteiger partial charge < -0.3 is 9.30 Å². The molecule has 9 heteroatoms. The van der Waals surface area contributed by atoms with Gasteiger partial charge >= 0.3 is 5.97 Å². The Bertz CT molecular complexity index is 1340. The number of hydrogen-bond acceptors (Lipinski definition) is 6. The number of rotatable bonds is 9. The van der Waals surface area contributed by atoms with Gasteiger partial charge in [0, 0.05) is 35.9 Å². The second kappa shape index (κ2) is 10.1. The molecule has 0 saturated carbocycles. The van der Waals surface area contributed by atoms with Gasteiger partial charge in [-0.1, -0.05) is 32.0 Å². The van der Waals surface area contributed by atoms with Gasteiger partial charge in [-0.05, 0) is 44.4 Å². The van der Waals surface area contributed by atoms with Crippen molar-refractivity contribution < 1.29 is 22.7 Å². The zero-order valence-corrected chi connectivity index (χ0v) is 21.3. The Morgan fingerprint density at radius 3 is 2.44 bits per heavy atom. The zero-order chi connectivity index (χ0) is 25.2. The maximum absolute atomic E-state index is 13.8. The highest BCUT2D eigenvalue weighted by Crippen LogP contribution is 2.27. The fourth-order valence-electron chi connectivity index (χ4n) is 4.38. The summed E-state index contributed by atoms with van der Waals surface area (Å²) in [5.41, 5.74) is 2.12. The smallest absolute Gasteiger partial charge is 0.354 e. The first kappa shape index (κ1) is 25.6. The molecular formula is C25H31N3O5S. The van der Waals surface area contributed by atoms with Crippen molar-refractivity contribution in [3.63, 3.8) is 0 Å². The molecule has 0 saturated heterocycles. The Kier molecular flexibility index (Phi) is 7.57. The van der Waals surface area contributed by atoms with Gasteiger partial charge in [0.05, 0.1) is 19.2 Å². The van der Waals surface area contributed by atoms with Crippen LogP contribution < -0.4 is 0 Å². The second-order valence-corrected chi connectivity index (χ2v) is 10.5. The molecule has 1 aromatic carbocycles. The van der Waals surface area contributed by atoms with Crippen molar-refractivity contribution in [3.05, 3.63) is 59.0 Å². The highest BCUT2D eigenvalue weighted by Gasteiger charge is 2.32. The number of ether oxygens (including phenoxy) is 1. The Balaban J connectivity index is 2.08. The number of ketones is 1. The van der Waals surface area contributed by atoms with Crippen molar-refractivity contribution >= 4 is 32.7 Å². The lowest BCUT2D eigenvalue weighted by atomic mass is 10.1. The van der Waals surface area contributed by atoms with Gasteiger partial charge in [0.1, 0.15) is 10.6 Å². The van der Waals surface area contributed by atoms with Crippen molar-refractivity contribution in [1.29, 1.82) is 0 Å². The van der Waals surface area contributed by atoms with Gasteiger partial charge in [0.25, 0.3) is 0 Å². The lowest BCUT2D eigenvalue weighted by Crippen LogP contribution is -2.38. The highest BCUT2D eigenvalue weighted by atomic mass is 32.2. The van der Waals surface area contributed by atoms with Crippen LogP contribution in [-0.2, 0) is 21.3 Å². The fourth-order valence-corrected chi connectivity index (χ4v) is 6.10. The number of fused-ring (bicyclic) bond motifs is 1. The van der Waals surface area contributed by atoms with E-state index in [1.165, 1.54) is 17.5 Å². The van der Waals surface area contributed by atoms with Gasteiger partial charge in [0.2, 0.25) is 10.0 Å². The first-order valence-electron chi connectivity index (χ1n) is 11.2. The molecule has 0 aliphatic carbocycles. The minimum absolute atomic E-state index is 0.0152. The van der Waals surface area contributed by atoms with Gasteiger partial charge in [-0.3, -0.25) is 9.78 Å². The molecule has 0 radical (unpaired) electrons. The number of hydrogen-bond donors (Lipinski definition) is 0. The number of methoxy groups -OCH3 is 1. The van der Waals surface area contributed by atoms with E-state index in [9.17, 15) is 18.0 Å². The molecule has 0 unspecified atom stereocenters. The molecule has 3 rings (SSSR count). The highest BCUT2D eigenvalue weighted by molar-refractivity contribution is 7.89. The average molecular weight is 486 g/mol. The Morgan fingerprint density at radius 1 is 1.15 bits per heavy atom. The summed E-state index contributed by atoms with van der Waals surface area (Å²) < 4.78 is 35.4. The third kappa shape index (κ3) is 4.63. The van der Waals surface area contributed by atoms with Crippen molar-refractivity contribution in [3.8, 4) is 0 Å². The molecule has 0 amide bonds. The molecular weight excluding hydrogens is 454 g/mol. The normalized spacial score (nSPS) is 12.0. The predicted octanol–water partition coefficient (Wildman–Crippen LogP) is 3.99. The minimum Gasteiger partial charge on any atom is -0.464 e. The van der Waals surface area contributed by atoms with E-state index >= 15 is 0 Å². The number of Topliss-reactive ketones (excluding diaryl/α,β-unsaturated/α-hetero) is 1.